The van der Waals surface area contributed by atoms with Gasteiger partial charge in [-0.1, -0.05) is 19.1 Å². The summed E-state index contributed by atoms with van der Waals surface area (Å²) in [6, 6.07) is 4.73. The van der Waals surface area contributed by atoms with Gasteiger partial charge in [0.2, 0.25) is 0 Å². The van der Waals surface area contributed by atoms with E-state index >= 15 is 0 Å². The quantitative estimate of drug-likeness (QED) is 0.809. The van der Waals surface area contributed by atoms with Crippen molar-refractivity contribution in [3.05, 3.63) is 29.3 Å². The molecule has 0 N–H and O–H groups in total. The molecular weight excluding hydrogens is 231 g/mol. The lowest BCUT2D eigenvalue weighted by Crippen LogP contribution is -2.18. The van der Waals surface area contributed by atoms with E-state index in [4.69, 9.17) is 0 Å². The van der Waals surface area contributed by atoms with Crippen LogP contribution in [0.2, 0.25) is 0 Å². The highest BCUT2D eigenvalue weighted by molar-refractivity contribution is 5.36. The van der Waals surface area contributed by atoms with Gasteiger partial charge in [0.1, 0.15) is 5.75 Å². The zero-order valence-corrected chi connectivity index (χ0v) is 10.1. The van der Waals surface area contributed by atoms with Crippen LogP contribution in [-0.2, 0) is 6.54 Å². The van der Waals surface area contributed by atoms with E-state index in [1.54, 1.807) is 19.1 Å². The number of hydrogen-bond acceptors (Lipinski definition) is 2. The molecule has 5 heteroatoms. The van der Waals surface area contributed by atoms with E-state index in [9.17, 15) is 13.2 Å². The molecule has 0 aliphatic heterocycles. The van der Waals surface area contributed by atoms with Crippen LogP contribution >= 0.6 is 0 Å². The van der Waals surface area contributed by atoms with Crippen LogP contribution in [0, 0.1) is 6.92 Å². The summed E-state index contributed by atoms with van der Waals surface area (Å²) in [4.78, 5) is 2.07. The van der Waals surface area contributed by atoms with E-state index in [1.807, 2.05) is 14.0 Å². The fourth-order valence-corrected chi connectivity index (χ4v) is 1.47. The highest BCUT2D eigenvalue weighted by Crippen LogP contribution is 2.26. The van der Waals surface area contributed by atoms with E-state index in [0.717, 1.165) is 12.1 Å². The minimum absolute atomic E-state index is 0.139. The average Bonchev–Trinajstić information content (AvgIpc) is 2.20. The number of hydrogen-bond donors (Lipinski definition) is 0. The number of benzene rings is 1. The second kappa shape index (κ2) is 5.40. The van der Waals surface area contributed by atoms with Gasteiger partial charge in [0.15, 0.2) is 0 Å². The maximum absolute atomic E-state index is 12.1. The Morgan fingerprint density at radius 3 is 2.41 bits per heavy atom. The van der Waals surface area contributed by atoms with Gasteiger partial charge >= 0.3 is 6.36 Å². The van der Waals surface area contributed by atoms with Gasteiger partial charge in [-0.25, -0.2) is 0 Å². The predicted octanol–water partition coefficient (Wildman–Crippen LogP) is 3.35. The lowest BCUT2D eigenvalue weighted by molar-refractivity contribution is -0.274. The minimum Gasteiger partial charge on any atom is -0.406 e. The Kier molecular flexibility index (Phi) is 4.40. The Bertz CT molecular complexity index is 377. The van der Waals surface area contributed by atoms with Crippen LogP contribution in [-0.4, -0.2) is 24.9 Å². The summed E-state index contributed by atoms with van der Waals surface area (Å²) in [6.45, 7) is 5.23. The molecular formula is C12H16F3NO. The Balaban J connectivity index is 2.79. The Morgan fingerprint density at radius 2 is 1.94 bits per heavy atom. The maximum Gasteiger partial charge on any atom is 0.573 e. The van der Waals surface area contributed by atoms with Gasteiger partial charge in [0.25, 0.3) is 0 Å². The Morgan fingerprint density at radius 1 is 1.29 bits per heavy atom. The molecule has 0 aliphatic rings. The number of nitrogens with zero attached hydrogens (tertiary/aromatic N) is 1. The van der Waals surface area contributed by atoms with Gasteiger partial charge < -0.3 is 9.64 Å². The largest absolute Gasteiger partial charge is 0.573 e. The van der Waals surface area contributed by atoms with Crippen molar-refractivity contribution in [3.63, 3.8) is 0 Å². The first kappa shape index (κ1) is 13.8. The van der Waals surface area contributed by atoms with Crippen molar-refractivity contribution in [3.8, 4) is 5.75 Å². The van der Waals surface area contributed by atoms with Crippen LogP contribution in [0.4, 0.5) is 13.2 Å². The monoisotopic (exact) mass is 247 g/mol. The van der Waals surface area contributed by atoms with Gasteiger partial charge in [0.05, 0.1) is 0 Å². The molecule has 0 unspecified atom stereocenters. The molecule has 1 aromatic rings. The van der Waals surface area contributed by atoms with Crippen molar-refractivity contribution < 1.29 is 17.9 Å². The number of alkyl halides is 3. The second-order valence-corrected chi connectivity index (χ2v) is 3.98. The molecule has 0 bridgehead atoms. The number of halogens is 3. The number of ether oxygens (including phenoxy) is 1. The normalized spacial score (nSPS) is 11.9. The molecule has 2 nitrogen and oxygen atoms in total. The molecule has 1 rings (SSSR count). The Labute approximate surface area is 99.0 Å². The standard InChI is InChI=1S/C12H16F3NO/c1-4-16(3)8-10-5-6-11(9(2)7-10)17-12(13,14)15/h5-7H,4,8H2,1-3H3. The summed E-state index contributed by atoms with van der Waals surface area (Å²) in [7, 11) is 1.95. The maximum atomic E-state index is 12.1. The molecule has 96 valence electrons. The topological polar surface area (TPSA) is 12.5 Å². The summed E-state index contributed by atoms with van der Waals surface area (Å²) in [5.74, 6) is -0.139. The smallest absolute Gasteiger partial charge is 0.406 e. The van der Waals surface area contributed by atoms with Crippen LogP contribution < -0.4 is 4.74 Å². The zero-order valence-electron chi connectivity index (χ0n) is 10.1. The lowest BCUT2D eigenvalue weighted by atomic mass is 10.1. The van der Waals surface area contributed by atoms with Crippen molar-refractivity contribution in [2.75, 3.05) is 13.6 Å². The SMILES string of the molecule is CCN(C)Cc1ccc(OC(F)(F)F)c(C)c1. The third-order valence-corrected chi connectivity index (χ3v) is 2.46. The van der Waals surface area contributed by atoms with E-state index < -0.39 is 6.36 Å². The van der Waals surface area contributed by atoms with Crippen molar-refractivity contribution in [1.29, 1.82) is 0 Å². The molecule has 0 saturated carbocycles. The van der Waals surface area contributed by atoms with Gasteiger partial charge in [0, 0.05) is 6.54 Å². The first-order valence-corrected chi connectivity index (χ1v) is 5.35. The van der Waals surface area contributed by atoms with Crippen LogP contribution in [0.15, 0.2) is 18.2 Å². The van der Waals surface area contributed by atoms with Crippen molar-refractivity contribution in [2.45, 2.75) is 26.8 Å². The summed E-state index contributed by atoms with van der Waals surface area (Å²) in [6.07, 6.45) is -4.63. The summed E-state index contributed by atoms with van der Waals surface area (Å²) in [5.41, 5.74) is 1.46. The van der Waals surface area contributed by atoms with Crippen molar-refractivity contribution in [1.82, 2.24) is 4.90 Å². The molecule has 0 aliphatic carbocycles. The fraction of sp³-hybridized carbons (Fsp3) is 0.500. The summed E-state index contributed by atoms with van der Waals surface area (Å²) < 4.78 is 40.1. The fourth-order valence-electron chi connectivity index (χ4n) is 1.47. The molecule has 17 heavy (non-hydrogen) atoms. The average molecular weight is 247 g/mol. The van der Waals surface area contributed by atoms with Crippen LogP contribution in [0.1, 0.15) is 18.1 Å². The van der Waals surface area contributed by atoms with E-state index in [2.05, 4.69) is 9.64 Å². The first-order valence-electron chi connectivity index (χ1n) is 5.35. The van der Waals surface area contributed by atoms with Gasteiger partial charge in [-0.2, -0.15) is 0 Å². The highest BCUT2D eigenvalue weighted by atomic mass is 19.4. The van der Waals surface area contributed by atoms with Crippen LogP contribution in [0.5, 0.6) is 5.75 Å². The van der Waals surface area contributed by atoms with E-state index in [0.29, 0.717) is 12.1 Å². The third-order valence-electron chi connectivity index (χ3n) is 2.46. The predicted molar refractivity (Wildman–Crippen MR) is 59.9 cm³/mol. The molecule has 0 radical (unpaired) electrons. The van der Waals surface area contributed by atoms with Gasteiger partial charge in [-0.05, 0) is 37.7 Å². The molecule has 0 heterocycles. The molecule has 0 fully saturated rings. The molecule has 1 aromatic carbocycles. The number of rotatable bonds is 4. The molecule has 0 amide bonds. The molecule has 0 saturated heterocycles. The summed E-state index contributed by atoms with van der Waals surface area (Å²) >= 11 is 0. The van der Waals surface area contributed by atoms with E-state index in [-0.39, 0.29) is 5.75 Å². The highest BCUT2D eigenvalue weighted by Gasteiger charge is 2.31. The van der Waals surface area contributed by atoms with Crippen LogP contribution in [0.25, 0.3) is 0 Å². The van der Waals surface area contributed by atoms with Crippen LogP contribution in [0.3, 0.4) is 0 Å². The lowest BCUT2D eigenvalue weighted by Gasteiger charge is -2.16. The molecule has 0 atom stereocenters. The second-order valence-electron chi connectivity index (χ2n) is 3.98. The third kappa shape index (κ3) is 4.65. The van der Waals surface area contributed by atoms with E-state index in [1.165, 1.54) is 6.07 Å². The van der Waals surface area contributed by atoms with Gasteiger partial charge in [-0.3, -0.25) is 0 Å². The molecule has 0 aromatic heterocycles. The van der Waals surface area contributed by atoms with Gasteiger partial charge in [-0.15, -0.1) is 13.2 Å². The Hall–Kier alpha value is -1.23. The first-order chi connectivity index (χ1) is 7.81. The summed E-state index contributed by atoms with van der Waals surface area (Å²) in [5, 5.41) is 0. The number of aryl methyl sites for hydroxylation is 1. The zero-order chi connectivity index (χ0) is 13.1. The van der Waals surface area contributed by atoms with Crippen molar-refractivity contribution >= 4 is 0 Å². The minimum atomic E-state index is -4.63. The molecule has 0 spiro atoms. The van der Waals surface area contributed by atoms with Crippen molar-refractivity contribution in [2.24, 2.45) is 0 Å².